The SMILES string of the molecule is N/C(=C\C(=C/C1CCCC1)CNCC[C@@]1(c2ccccn2)CCOC2(CCCC2)C1)C(F)(F)F. The van der Waals surface area contributed by atoms with Gasteiger partial charge in [0.2, 0.25) is 0 Å². The minimum absolute atomic E-state index is 0.0484. The summed E-state index contributed by atoms with van der Waals surface area (Å²) in [5, 5.41) is 3.43. The summed E-state index contributed by atoms with van der Waals surface area (Å²) in [6.45, 7) is 1.82. The van der Waals surface area contributed by atoms with E-state index < -0.39 is 11.9 Å². The van der Waals surface area contributed by atoms with E-state index in [1.165, 1.54) is 12.8 Å². The van der Waals surface area contributed by atoms with E-state index in [9.17, 15) is 13.2 Å². The zero-order valence-electron chi connectivity index (χ0n) is 20.0. The number of nitrogens with two attached hydrogens (primary N) is 1. The van der Waals surface area contributed by atoms with E-state index in [1.807, 2.05) is 24.4 Å². The zero-order valence-corrected chi connectivity index (χ0v) is 20.0. The summed E-state index contributed by atoms with van der Waals surface area (Å²) in [5.41, 5.74) is 5.94. The molecule has 0 amide bonds. The standard InChI is InChI=1S/C27H38F3N3O/c28-27(29,30)23(31)18-22(17-21-7-1-2-8-21)19-32-15-12-25(24-9-3-6-14-33-24)13-16-34-26(20-25)10-4-5-11-26/h3,6,9,14,17-18,21,32H,1-2,4-5,7-8,10-13,15-16,19-20,31H2/b22-17+,23-18-/t25-/m1/s1. The van der Waals surface area contributed by atoms with Crippen LogP contribution < -0.4 is 11.1 Å². The van der Waals surface area contributed by atoms with Gasteiger partial charge < -0.3 is 15.8 Å². The van der Waals surface area contributed by atoms with E-state index in [0.717, 1.165) is 76.2 Å². The Morgan fingerprint density at radius 1 is 1.15 bits per heavy atom. The van der Waals surface area contributed by atoms with Gasteiger partial charge in [0.25, 0.3) is 0 Å². The minimum Gasteiger partial charge on any atom is -0.395 e. The number of pyridine rings is 1. The van der Waals surface area contributed by atoms with E-state index in [2.05, 4.69) is 11.4 Å². The fraction of sp³-hybridized carbons (Fsp3) is 0.667. The van der Waals surface area contributed by atoms with Crippen molar-refractivity contribution < 1.29 is 17.9 Å². The summed E-state index contributed by atoms with van der Waals surface area (Å²) < 4.78 is 45.5. The fourth-order valence-corrected chi connectivity index (χ4v) is 6.22. The van der Waals surface area contributed by atoms with Gasteiger partial charge in [-0.05, 0) is 81.2 Å². The third-order valence-electron chi connectivity index (χ3n) is 8.00. The number of nitrogens with zero attached hydrogens (tertiary/aromatic N) is 1. The second kappa shape index (κ2) is 10.8. The second-order valence-corrected chi connectivity index (χ2v) is 10.5. The molecule has 2 heterocycles. The summed E-state index contributed by atoms with van der Waals surface area (Å²) in [6, 6.07) is 6.10. The van der Waals surface area contributed by atoms with E-state index >= 15 is 0 Å². The van der Waals surface area contributed by atoms with Crippen molar-refractivity contribution in [1.29, 1.82) is 0 Å². The van der Waals surface area contributed by atoms with Crippen molar-refractivity contribution in [3.8, 4) is 0 Å². The van der Waals surface area contributed by atoms with Crippen LogP contribution in [0.3, 0.4) is 0 Å². The first-order valence-corrected chi connectivity index (χ1v) is 12.8. The molecule has 0 bridgehead atoms. The molecule has 2 saturated carbocycles. The lowest BCUT2D eigenvalue weighted by atomic mass is 9.68. The Hall–Kier alpha value is -1.86. The Balaban J connectivity index is 1.45. The molecular formula is C27H38F3N3O. The van der Waals surface area contributed by atoms with Gasteiger partial charge in [0.05, 0.1) is 5.60 Å². The maximum absolute atomic E-state index is 13.1. The number of rotatable bonds is 8. The van der Waals surface area contributed by atoms with Crippen molar-refractivity contribution >= 4 is 0 Å². The van der Waals surface area contributed by atoms with Gasteiger partial charge in [-0.15, -0.1) is 0 Å². The van der Waals surface area contributed by atoms with Crippen molar-refractivity contribution in [2.75, 3.05) is 19.7 Å². The van der Waals surface area contributed by atoms with Crippen LogP contribution >= 0.6 is 0 Å². The highest BCUT2D eigenvalue weighted by Gasteiger charge is 2.48. The molecule has 4 nitrogen and oxygen atoms in total. The monoisotopic (exact) mass is 477 g/mol. The Labute approximate surface area is 201 Å². The molecule has 3 aliphatic rings. The Morgan fingerprint density at radius 3 is 2.59 bits per heavy atom. The third kappa shape index (κ3) is 6.22. The van der Waals surface area contributed by atoms with Gasteiger partial charge in [0, 0.05) is 30.5 Å². The number of allylic oxidation sites excluding steroid dienone is 2. The van der Waals surface area contributed by atoms with Crippen molar-refractivity contribution in [2.24, 2.45) is 11.7 Å². The maximum Gasteiger partial charge on any atom is 0.430 e. The number of alkyl halides is 3. The van der Waals surface area contributed by atoms with Crippen LogP contribution in [0.15, 0.2) is 47.8 Å². The largest absolute Gasteiger partial charge is 0.430 e. The van der Waals surface area contributed by atoms with Gasteiger partial charge in [-0.3, -0.25) is 4.98 Å². The molecule has 0 aromatic carbocycles. The predicted octanol–water partition coefficient (Wildman–Crippen LogP) is 5.94. The second-order valence-electron chi connectivity index (χ2n) is 10.5. The average molecular weight is 478 g/mol. The first kappa shape index (κ1) is 25.2. The Bertz CT molecular complexity index is 856. The molecule has 34 heavy (non-hydrogen) atoms. The number of nitrogens with one attached hydrogen (secondary N) is 1. The molecule has 1 saturated heterocycles. The van der Waals surface area contributed by atoms with Crippen molar-refractivity contribution in [2.45, 2.75) is 87.8 Å². The zero-order chi connectivity index (χ0) is 24.1. The van der Waals surface area contributed by atoms with Crippen LogP contribution in [-0.2, 0) is 10.2 Å². The van der Waals surface area contributed by atoms with Crippen molar-refractivity contribution in [3.05, 3.63) is 53.5 Å². The van der Waals surface area contributed by atoms with E-state index in [1.54, 1.807) is 0 Å². The molecule has 1 aromatic rings. The quantitative estimate of drug-likeness (QED) is 0.359. The lowest BCUT2D eigenvalue weighted by Crippen LogP contribution is -2.47. The molecule has 0 radical (unpaired) electrons. The molecule has 0 unspecified atom stereocenters. The van der Waals surface area contributed by atoms with Gasteiger partial charge in [0.1, 0.15) is 5.70 Å². The fourth-order valence-electron chi connectivity index (χ4n) is 6.22. The normalized spacial score (nSPS) is 26.4. The number of aromatic nitrogens is 1. The molecule has 4 rings (SSSR count). The van der Waals surface area contributed by atoms with E-state index in [4.69, 9.17) is 15.5 Å². The number of halogens is 3. The van der Waals surface area contributed by atoms with Crippen LogP contribution in [0, 0.1) is 5.92 Å². The topological polar surface area (TPSA) is 60.2 Å². The van der Waals surface area contributed by atoms with Crippen LogP contribution in [-0.4, -0.2) is 36.5 Å². The number of hydrogen-bond donors (Lipinski definition) is 2. The summed E-state index contributed by atoms with van der Waals surface area (Å²) in [6.07, 6.45) is 12.2. The molecule has 1 aliphatic heterocycles. The molecule has 188 valence electrons. The first-order valence-electron chi connectivity index (χ1n) is 12.8. The van der Waals surface area contributed by atoms with Gasteiger partial charge in [-0.1, -0.05) is 37.8 Å². The number of ether oxygens (including phenoxy) is 1. The molecule has 2 aliphatic carbocycles. The molecule has 1 aromatic heterocycles. The molecule has 1 spiro atoms. The Kier molecular flexibility index (Phi) is 8.03. The van der Waals surface area contributed by atoms with E-state index in [-0.39, 0.29) is 11.0 Å². The van der Waals surface area contributed by atoms with Crippen LogP contribution in [0.25, 0.3) is 0 Å². The summed E-state index contributed by atoms with van der Waals surface area (Å²) >= 11 is 0. The van der Waals surface area contributed by atoms with Crippen molar-refractivity contribution in [1.82, 2.24) is 10.3 Å². The molecule has 3 fully saturated rings. The summed E-state index contributed by atoms with van der Waals surface area (Å²) in [5.74, 6) is 0.340. The van der Waals surface area contributed by atoms with Crippen LogP contribution in [0.5, 0.6) is 0 Å². The minimum atomic E-state index is -4.50. The number of hydrogen-bond acceptors (Lipinski definition) is 4. The highest BCUT2D eigenvalue weighted by Crippen LogP contribution is 2.49. The highest BCUT2D eigenvalue weighted by atomic mass is 19.4. The lowest BCUT2D eigenvalue weighted by Gasteiger charge is -2.46. The van der Waals surface area contributed by atoms with Gasteiger partial charge in [-0.2, -0.15) is 13.2 Å². The maximum atomic E-state index is 13.1. The average Bonchev–Trinajstić information content (AvgIpc) is 3.49. The Morgan fingerprint density at radius 2 is 1.91 bits per heavy atom. The van der Waals surface area contributed by atoms with Gasteiger partial charge >= 0.3 is 6.18 Å². The third-order valence-corrected chi connectivity index (χ3v) is 8.00. The predicted molar refractivity (Wildman–Crippen MR) is 128 cm³/mol. The van der Waals surface area contributed by atoms with Crippen LogP contribution in [0.2, 0.25) is 0 Å². The van der Waals surface area contributed by atoms with Crippen LogP contribution in [0.4, 0.5) is 13.2 Å². The molecule has 3 N–H and O–H groups in total. The van der Waals surface area contributed by atoms with Crippen molar-refractivity contribution in [3.63, 3.8) is 0 Å². The van der Waals surface area contributed by atoms with E-state index in [0.29, 0.717) is 24.6 Å². The summed E-state index contributed by atoms with van der Waals surface area (Å²) in [4.78, 5) is 4.73. The molecular weight excluding hydrogens is 439 g/mol. The van der Waals surface area contributed by atoms with Crippen LogP contribution in [0.1, 0.15) is 76.3 Å². The summed E-state index contributed by atoms with van der Waals surface area (Å²) in [7, 11) is 0. The van der Waals surface area contributed by atoms with Gasteiger partial charge in [-0.25, -0.2) is 0 Å². The molecule has 7 heteroatoms. The first-order chi connectivity index (χ1) is 16.3. The van der Waals surface area contributed by atoms with Gasteiger partial charge in [0.15, 0.2) is 0 Å². The molecule has 1 atom stereocenters. The highest BCUT2D eigenvalue weighted by molar-refractivity contribution is 5.27. The smallest absolute Gasteiger partial charge is 0.395 e. The lowest BCUT2D eigenvalue weighted by molar-refractivity contribution is -0.104.